The van der Waals surface area contributed by atoms with Crippen LogP contribution < -0.4 is 15.2 Å². The maximum atomic E-state index is 14.0. The average molecular weight is 497 g/mol. The fraction of sp³-hybridized carbons (Fsp3) is 0.267. The number of anilines is 1. The van der Waals surface area contributed by atoms with Gasteiger partial charge in [-0.2, -0.15) is 0 Å². The molecule has 0 aliphatic carbocycles. The van der Waals surface area contributed by atoms with E-state index in [2.05, 4.69) is 39.0 Å². The van der Waals surface area contributed by atoms with E-state index in [9.17, 15) is 9.90 Å². The third-order valence-corrected chi connectivity index (χ3v) is 7.09. The molecule has 2 aromatic heterocycles. The third kappa shape index (κ3) is 5.22. The smallest absolute Gasteiger partial charge is 0.259 e. The fourth-order valence-electron chi connectivity index (χ4n) is 5.12. The first kappa shape index (κ1) is 24.6. The number of aromatic hydroxyl groups is 1. The topological polar surface area (TPSA) is 70.8 Å². The molecule has 1 fully saturated rings. The minimum atomic E-state index is -0.392. The Morgan fingerprint density at radius 1 is 0.973 bits per heavy atom. The standard InChI is InChI=1S/C30H32N4O3/c1-22-19-27(35)28(30(36)34(22)21-23-7-6-14-31-20-23)29(24-10-12-26(37-2)13-11-24)33-17-15-32(16-18-33)25-8-4-3-5-9-25/h3-14,19-20,29,35H,15-18,21H2,1-2H3/t29-/m1/s1. The molecule has 0 bridgehead atoms. The van der Waals surface area contributed by atoms with Crippen LogP contribution in [0.3, 0.4) is 0 Å². The van der Waals surface area contributed by atoms with Gasteiger partial charge in [-0.1, -0.05) is 36.4 Å². The van der Waals surface area contributed by atoms with Crippen molar-refractivity contribution in [1.29, 1.82) is 0 Å². The summed E-state index contributed by atoms with van der Waals surface area (Å²) in [7, 11) is 1.64. The molecule has 37 heavy (non-hydrogen) atoms. The summed E-state index contributed by atoms with van der Waals surface area (Å²) in [5.74, 6) is 0.773. The third-order valence-electron chi connectivity index (χ3n) is 7.09. The molecule has 0 saturated carbocycles. The van der Waals surface area contributed by atoms with Gasteiger partial charge in [0.2, 0.25) is 0 Å². The molecule has 1 aliphatic rings. The number of hydrogen-bond donors (Lipinski definition) is 1. The van der Waals surface area contributed by atoms with Crippen molar-refractivity contribution in [3.05, 3.63) is 118 Å². The summed E-state index contributed by atoms with van der Waals surface area (Å²) in [4.78, 5) is 22.8. The highest BCUT2D eigenvalue weighted by Crippen LogP contribution is 2.34. The van der Waals surface area contributed by atoms with Gasteiger partial charge < -0.3 is 19.3 Å². The van der Waals surface area contributed by atoms with Gasteiger partial charge in [-0.25, -0.2) is 0 Å². The molecule has 4 aromatic rings. The number of nitrogens with zero attached hydrogens (tertiary/aromatic N) is 4. The molecule has 1 aliphatic heterocycles. The minimum Gasteiger partial charge on any atom is -0.507 e. The van der Waals surface area contributed by atoms with Crippen LogP contribution in [0.5, 0.6) is 11.5 Å². The molecule has 0 radical (unpaired) electrons. The number of para-hydroxylation sites is 1. The van der Waals surface area contributed by atoms with Crippen molar-refractivity contribution < 1.29 is 9.84 Å². The summed E-state index contributed by atoms with van der Waals surface area (Å²) in [6.07, 6.45) is 3.48. The monoisotopic (exact) mass is 496 g/mol. The van der Waals surface area contributed by atoms with Crippen molar-refractivity contribution in [3.63, 3.8) is 0 Å². The van der Waals surface area contributed by atoms with Gasteiger partial charge in [-0.3, -0.25) is 14.7 Å². The summed E-state index contributed by atoms with van der Waals surface area (Å²) in [6, 6.07) is 23.3. The Morgan fingerprint density at radius 2 is 1.70 bits per heavy atom. The fourth-order valence-corrected chi connectivity index (χ4v) is 5.12. The molecule has 0 unspecified atom stereocenters. The van der Waals surface area contributed by atoms with Gasteiger partial charge in [0.15, 0.2) is 0 Å². The summed E-state index contributed by atoms with van der Waals surface area (Å²) >= 11 is 0. The number of rotatable bonds is 7. The lowest BCUT2D eigenvalue weighted by Crippen LogP contribution is -2.49. The van der Waals surface area contributed by atoms with Gasteiger partial charge in [0, 0.05) is 50.0 Å². The Kier molecular flexibility index (Phi) is 7.23. The largest absolute Gasteiger partial charge is 0.507 e. The van der Waals surface area contributed by atoms with Gasteiger partial charge in [0.25, 0.3) is 5.56 Å². The Morgan fingerprint density at radius 3 is 2.35 bits per heavy atom. The van der Waals surface area contributed by atoms with E-state index in [0.29, 0.717) is 17.8 Å². The van der Waals surface area contributed by atoms with Crippen LogP contribution in [0.25, 0.3) is 0 Å². The average Bonchev–Trinajstić information content (AvgIpc) is 2.94. The van der Waals surface area contributed by atoms with E-state index >= 15 is 0 Å². The lowest BCUT2D eigenvalue weighted by molar-refractivity contribution is 0.207. The molecule has 1 atom stereocenters. The highest BCUT2D eigenvalue weighted by molar-refractivity contribution is 5.47. The molecular formula is C30H32N4O3. The molecule has 7 nitrogen and oxygen atoms in total. The number of aromatic nitrogens is 2. The zero-order valence-corrected chi connectivity index (χ0v) is 21.2. The minimum absolute atomic E-state index is 0.0243. The van der Waals surface area contributed by atoms with Crippen molar-refractivity contribution in [2.75, 3.05) is 38.2 Å². The van der Waals surface area contributed by atoms with Crippen LogP contribution >= 0.6 is 0 Å². The second-order valence-electron chi connectivity index (χ2n) is 9.37. The molecule has 2 aromatic carbocycles. The number of benzene rings is 2. The molecule has 3 heterocycles. The second-order valence-corrected chi connectivity index (χ2v) is 9.37. The van der Waals surface area contributed by atoms with Gasteiger partial charge >= 0.3 is 0 Å². The highest BCUT2D eigenvalue weighted by Gasteiger charge is 2.31. The zero-order chi connectivity index (χ0) is 25.8. The molecule has 1 saturated heterocycles. The Hall–Kier alpha value is -4.10. The second kappa shape index (κ2) is 10.9. The molecule has 7 heteroatoms. The molecule has 1 N–H and O–H groups in total. The first-order valence-corrected chi connectivity index (χ1v) is 12.6. The van der Waals surface area contributed by atoms with Gasteiger partial charge in [-0.05, 0) is 54.4 Å². The first-order valence-electron chi connectivity index (χ1n) is 12.6. The number of hydrogen-bond acceptors (Lipinski definition) is 6. The van der Waals surface area contributed by atoms with E-state index in [-0.39, 0.29) is 11.3 Å². The quantitative estimate of drug-likeness (QED) is 0.413. The van der Waals surface area contributed by atoms with E-state index in [4.69, 9.17) is 4.74 Å². The number of pyridine rings is 2. The first-order chi connectivity index (χ1) is 18.0. The predicted molar refractivity (Wildman–Crippen MR) is 146 cm³/mol. The van der Waals surface area contributed by atoms with Gasteiger partial charge in [0.1, 0.15) is 11.5 Å². The molecular weight excluding hydrogens is 464 g/mol. The van der Waals surface area contributed by atoms with Gasteiger partial charge in [0.05, 0.1) is 25.3 Å². The van der Waals surface area contributed by atoms with Crippen molar-refractivity contribution in [2.45, 2.75) is 19.5 Å². The van der Waals surface area contributed by atoms with Crippen LogP contribution in [0.1, 0.15) is 28.4 Å². The summed E-state index contributed by atoms with van der Waals surface area (Å²) < 4.78 is 7.10. The number of piperazine rings is 1. The Balaban J connectivity index is 1.54. The van der Waals surface area contributed by atoms with Gasteiger partial charge in [-0.15, -0.1) is 0 Å². The van der Waals surface area contributed by atoms with E-state index in [0.717, 1.165) is 43.1 Å². The number of methoxy groups -OCH3 is 1. The Bertz CT molecular complexity index is 1380. The van der Waals surface area contributed by atoms with E-state index < -0.39 is 6.04 Å². The molecule has 190 valence electrons. The highest BCUT2D eigenvalue weighted by atomic mass is 16.5. The summed E-state index contributed by atoms with van der Waals surface area (Å²) in [6.45, 7) is 5.40. The SMILES string of the molecule is COc1ccc([C@H](c2c(O)cc(C)n(Cc3cccnc3)c2=O)N2CCN(c3ccccc3)CC2)cc1. The van der Waals surface area contributed by atoms with Crippen molar-refractivity contribution in [3.8, 4) is 11.5 Å². The van der Waals surface area contributed by atoms with Crippen LogP contribution in [0.4, 0.5) is 5.69 Å². The normalized spacial score (nSPS) is 14.9. The van der Waals surface area contributed by atoms with Crippen LogP contribution in [0, 0.1) is 6.92 Å². The van der Waals surface area contributed by atoms with Crippen molar-refractivity contribution in [2.24, 2.45) is 0 Å². The summed E-state index contributed by atoms with van der Waals surface area (Å²) in [5.41, 5.74) is 3.98. The molecule has 0 spiro atoms. The number of aryl methyl sites for hydroxylation is 1. The Labute approximate surface area is 217 Å². The predicted octanol–water partition coefficient (Wildman–Crippen LogP) is 4.23. The zero-order valence-electron chi connectivity index (χ0n) is 21.2. The maximum Gasteiger partial charge on any atom is 0.259 e. The van der Waals surface area contributed by atoms with Crippen molar-refractivity contribution in [1.82, 2.24) is 14.5 Å². The van der Waals surface area contributed by atoms with Crippen LogP contribution in [-0.4, -0.2) is 52.8 Å². The molecule has 5 rings (SSSR count). The number of ether oxygens (including phenoxy) is 1. The lowest BCUT2D eigenvalue weighted by Gasteiger charge is -2.40. The summed E-state index contributed by atoms with van der Waals surface area (Å²) in [5, 5.41) is 11.2. The van der Waals surface area contributed by atoms with Crippen LogP contribution in [0.2, 0.25) is 0 Å². The molecule has 0 amide bonds. The lowest BCUT2D eigenvalue weighted by atomic mass is 9.95. The van der Waals surface area contributed by atoms with Crippen LogP contribution in [-0.2, 0) is 6.54 Å². The van der Waals surface area contributed by atoms with E-state index in [1.165, 1.54) is 5.69 Å². The van der Waals surface area contributed by atoms with Crippen LogP contribution in [0.15, 0.2) is 90.0 Å². The van der Waals surface area contributed by atoms with Crippen molar-refractivity contribution >= 4 is 5.69 Å². The van der Waals surface area contributed by atoms with E-state index in [1.807, 2.05) is 49.4 Å². The van der Waals surface area contributed by atoms with E-state index in [1.54, 1.807) is 30.1 Å². The maximum absolute atomic E-state index is 14.0.